The Kier molecular flexibility index (Phi) is 6.09. The number of nitrogens with one attached hydrogen (secondary N) is 3. The lowest BCUT2D eigenvalue weighted by Crippen LogP contribution is -2.61. The number of rotatable bonds is 6. The fraction of sp³-hybridized carbons (Fsp3) is 0.524. The van der Waals surface area contributed by atoms with Gasteiger partial charge in [-0.25, -0.2) is 9.18 Å². The predicted octanol–water partition coefficient (Wildman–Crippen LogP) is 1.55. The number of nitrogens with zero attached hydrogens (tertiary/aromatic N) is 1. The number of hydrogen-bond donors (Lipinski definition) is 3. The summed E-state index contributed by atoms with van der Waals surface area (Å²) in [5.41, 5.74) is -2.01. The summed E-state index contributed by atoms with van der Waals surface area (Å²) in [4.78, 5) is 51.6. The zero-order chi connectivity index (χ0) is 21.9. The molecule has 1 atom stereocenters. The highest BCUT2D eigenvalue weighted by Gasteiger charge is 2.50. The van der Waals surface area contributed by atoms with Crippen LogP contribution in [0.5, 0.6) is 0 Å². The van der Waals surface area contributed by atoms with E-state index in [9.17, 15) is 23.6 Å². The molecule has 2 fully saturated rings. The van der Waals surface area contributed by atoms with E-state index < -0.39 is 41.3 Å². The molecule has 0 radical (unpaired) electrons. The van der Waals surface area contributed by atoms with Crippen LogP contribution in [0.2, 0.25) is 0 Å². The van der Waals surface area contributed by atoms with Crippen LogP contribution in [-0.2, 0) is 19.9 Å². The van der Waals surface area contributed by atoms with Gasteiger partial charge in [-0.15, -0.1) is 0 Å². The zero-order valence-electron chi connectivity index (χ0n) is 17.2. The highest BCUT2D eigenvalue weighted by molar-refractivity contribution is 6.09. The molecule has 3 rings (SSSR count). The molecule has 0 aromatic heterocycles. The van der Waals surface area contributed by atoms with Crippen molar-refractivity contribution in [2.75, 3.05) is 13.1 Å². The first-order chi connectivity index (χ1) is 14.2. The number of hydrogen-bond acceptors (Lipinski definition) is 4. The maximum Gasteiger partial charge on any atom is 0.325 e. The molecule has 162 valence electrons. The number of carbonyl (C=O) groups excluding carboxylic acids is 4. The van der Waals surface area contributed by atoms with E-state index in [0.717, 1.165) is 24.2 Å². The van der Waals surface area contributed by atoms with Crippen LogP contribution in [0.4, 0.5) is 9.18 Å². The second-order valence-corrected chi connectivity index (χ2v) is 8.00. The summed E-state index contributed by atoms with van der Waals surface area (Å²) in [5, 5.41) is 8.14. The molecule has 30 heavy (non-hydrogen) atoms. The van der Waals surface area contributed by atoms with Gasteiger partial charge in [-0.2, -0.15) is 0 Å². The van der Waals surface area contributed by atoms with E-state index in [1.54, 1.807) is 6.92 Å². The van der Waals surface area contributed by atoms with E-state index in [-0.39, 0.29) is 5.91 Å². The van der Waals surface area contributed by atoms with E-state index in [2.05, 4.69) is 16.0 Å². The second kappa shape index (κ2) is 8.41. The summed E-state index contributed by atoms with van der Waals surface area (Å²) in [6.07, 6.45) is 3.63. The van der Waals surface area contributed by atoms with Gasteiger partial charge in [-0.3, -0.25) is 19.3 Å². The van der Waals surface area contributed by atoms with Crippen molar-refractivity contribution in [3.63, 3.8) is 0 Å². The third kappa shape index (κ3) is 4.01. The predicted molar refractivity (Wildman–Crippen MR) is 107 cm³/mol. The number of carbonyl (C=O) groups is 4. The van der Waals surface area contributed by atoms with Crippen LogP contribution >= 0.6 is 0 Å². The first-order valence-corrected chi connectivity index (χ1v) is 10.2. The highest BCUT2D eigenvalue weighted by atomic mass is 19.1. The van der Waals surface area contributed by atoms with Crippen molar-refractivity contribution >= 4 is 23.8 Å². The van der Waals surface area contributed by atoms with Gasteiger partial charge in [-0.1, -0.05) is 31.4 Å². The highest BCUT2D eigenvalue weighted by Crippen LogP contribution is 2.30. The summed E-state index contributed by atoms with van der Waals surface area (Å²) in [6, 6.07) is 4.54. The Morgan fingerprint density at radius 2 is 1.77 bits per heavy atom. The number of halogens is 1. The van der Waals surface area contributed by atoms with Gasteiger partial charge < -0.3 is 16.0 Å². The molecular formula is C21H27FN4O4. The minimum absolute atomic E-state index is 0.244. The Bertz CT molecular complexity index is 851. The van der Waals surface area contributed by atoms with Gasteiger partial charge in [0.25, 0.3) is 5.91 Å². The second-order valence-electron chi connectivity index (χ2n) is 8.00. The van der Waals surface area contributed by atoms with Crippen LogP contribution in [0.15, 0.2) is 24.3 Å². The Morgan fingerprint density at radius 1 is 1.13 bits per heavy atom. The van der Waals surface area contributed by atoms with Crippen molar-refractivity contribution in [1.29, 1.82) is 0 Å². The van der Waals surface area contributed by atoms with Crippen molar-refractivity contribution < 1.29 is 23.6 Å². The van der Waals surface area contributed by atoms with Crippen molar-refractivity contribution in [2.24, 2.45) is 0 Å². The molecule has 3 N–H and O–H groups in total. The van der Waals surface area contributed by atoms with Gasteiger partial charge in [-0.05, 0) is 44.4 Å². The Labute approximate surface area is 174 Å². The molecule has 1 aliphatic heterocycles. The molecule has 2 aliphatic rings. The van der Waals surface area contributed by atoms with Crippen molar-refractivity contribution in [2.45, 2.75) is 57.0 Å². The van der Waals surface area contributed by atoms with Crippen molar-refractivity contribution in [1.82, 2.24) is 20.9 Å². The topological polar surface area (TPSA) is 108 Å². The minimum atomic E-state index is -1.40. The summed E-state index contributed by atoms with van der Waals surface area (Å²) in [6.45, 7) is 3.26. The molecule has 1 unspecified atom stereocenters. The molecule has 1 aromatic carbocycles. The van der Waals surface area contributed by atoms with Gasteiger partial charge in [0.05, 0.1) is 0 Å². The van der Waals surface area contributed by atoms with Gasteiger partial charge in [0.1, 0.15) is 23.4 Å². The molecule has 5 amide bonds. The third-order valence-corrected chi connectivity index (χ3v) is 5.86. The van der Waals surface area contributed by atoms with Crippen LogP contribution < -0.4 is 16.0 Å². The molecule has 0 spiro atoms. The number of amides is 5. The lowest BCUT2D eigenvalue weighted by Gasteiger charge is -2.36. The summed E-state index contributed by atoms with van der Waals surface area (Å²) in [7, 11) is 0. The molecule has 8 nitrogen and oxygen atoms in total. The minimum Gasteiger partial charge on any atom is -0.354 e. The Hall–Kier alpha value is -2.97. The molecular weight excluding hydrogens is 391 g/mol. The molecule has 0 bridgehead atoms. The van der Waals surface area contributed by atoms with E-state index in [1.807, 2.05) is 0 Å². The average molecular weight is 418 g/mol. The standard InChI is InChI=1S/C21H27FN4O4/c1-3-23-17(28)21(11-5-4-6-12-21)24-16(27)13-26-18(29)20(2,25-19(26)30)14-7-9-15(22)10-8-14/h7-10H,3-6,11-13H2,1-2H3,(H,23,28)(H,24,27)(H,25,30). The van der Waals surface area contributed by atoms with Crippen molar-refractivity contribution in [3.8, 4) is 0 Å². The van der Waals surface area contributed by atoms with Crippen molar-refractivity contribution in [3.05, 3.63) is 35.6 Å². The molecule has 1 aromatic rings. The smallest absolute Gasteiger partial charge is 0.325 e. The molecule has 1 heterocycles. The fourth-order valence-electron chi connectivity index (χ4n) is 4.16. The molecule has 1 saturated carbocycles. The third-order valence-electron chi connectivity index (χ3n) is 5.86. The van der Waals surface area contributed by atoms with Crippen LogP contribution in [0.1, 0.15) is 51.5 Å². The SMILES string of the molecule is CCNC(=O)C1(NC(=O)CN2C(=O)NC(C)(c3ccc(F)cc3)C2=O)CCCCC1. The molecule has 9 heteroatoms. The van der Waals surface area contributed by atoms with Crippen LogP contribution in [0.25, 0.3) is 0 Å². The average Bonchev–Trinajstić information content (AvgIpc) is 2.93. The Balaban J connectivity index is 1.74. The van der Waals surface area contributed by atoms with E-state index in [4.69, 9.17) is 0 Å². The lowest BCUT2D eigenvalue weighted by molar-refractivity contribution is -0.138. The maximum absolute atomic E-state index is 13.2. The van der Waals surface area contributed by atoms with Crippen LogP contribution in [0, 0.1) is 5.82 Å². The van der Waals surface area contributed by atoms with E-state index in [0.29, 0.717) is 24.9 Å². The van der Waals surface area contributed by atoms with Gasteiger partial charge in [0.2, 0.25) is 11.8 Å². The zero-order valence-corrected chi connectivity index (χ0v) is 17.2. The molecule has 1 saturated heterocycles. The largest absolute Gasteiger partial charge is 0.354 e. The summed E-state index contributed by atoms with van der Waals surface area (Å²) >= 11 is 0. The summed E-state index contributed by atoms with van der Waals surface area (Å²) < 4.78 is 13.2. The summed E-state index contributed by atoms with van der Waals surface area (Å²) in [5.74, 6) is -1.88. The monoisotopic (exact) mass is 418 g/mol. The normalized spacial score (nSPS) is 23.1. The lowest BCUT2D eigenvalue weighted by atomic mass is 9.80. The molecule has 1 aliphatic carbocycles. The van der Waals surface area contributed by atoms with E-state index in [1.165, 1.54) is 31.2 Å². The maximum atomic E-state index is 13.2. The van der Waals surface area contributed by atoms with E-state index >= 15 is 0 Å². The van der Waals surface area contributed by atoms with Crippen LogP contribution in [-0.4, -0.2) is 47.3 Å². The fourth-order valence-corrected chi connectivity index (χ4v) is 4.16. The van der Waals surface area contributed by atoms with Gasteiger partial charge in [0.15, 0.2) is 0 Å². The van der Waals surface area contributed by atoms with Gasteiger partial charge in [0, 0.05) is 6.54 Å². The first kappa shape index (κ1) is 21.7. The quantitative estimate of drug-likeness (QED) is 0.609. The Morgan fingerprint density at radius 3 is 2.37 bits per heavy atom. The number of imide groups is 1. The van der Waals surface area contributed by atoms with Crippen LogP contribution in [0.3, 0.4) is 0 Å². The first-order valence-electron chi connectivity index (χ1n) is 10.2. The van der Waals surface area contributed by atoms with Gasteiger partial charge >= 0.3 is 6.03 Å². The number of likely N-dealkylation sites (N-methyl/N-ethyl adjacent to an activating group) is 1. The number of urea groups is 1. The number of benzene rings is 1.